The van der Waals surface area contributed by atoms with E-state index in [2.05, 4.69) is 72.5 Å². The lowest BCUT2D eigenvalue weighted by molar-refractivity contribution is 0.244. The zero-order chi connectivity index (χ0) is 16.2. The number of nitrogens with zero attached hydrogens (tertiary/aromatic N) is 2. The van der Waals surface area contributed by atoms with Gasteiger partial charge in [-0.1, -0.05) is 12.1 Å². The van der Waals surface area contributed by atoms with Crippen LogP contribution in [0.5, 0.6) is 0 Å². The van der Waals surface area contributed by atoms with Crippen LogP contribution >= 0.6 is 11.3 Å². The molecule has 1 N–H and O–H groups in total. The second kappa shape index (κ2) is 7.47. The Hall–Kier alpha value is -1.36. The van der Waals surface area contributed by atoms with Gasteiger partial charge in [-0.05, 0) is 49.7 Å². The van der Waals surface area contributed by atoms with Gasteiger partial charge in [-0.25, -0.2) is 0 Å². The minimum absolute atomic E-state index is 0.379. The number of nitrogens with one attached hydrogen (secondary N) is 1. The summed E-state index contributed by atoms with van der Waals surface area (Å²) in [7, 11) is 4.19. The molecule has 1 fully saturated rings. The molecule has 1 aliphatic heterocycles. The SMILES string of the molecule is Cc1ccc(C(c2ccc(N(C)C)cc2)N2CCCNCC2)s1. The number of hydrogen-bond acceptors (Lipinski definition) is 4. The molecule has 23 heavy (non-hydrogen) atoms. The smallest absolute Gasteiger partial charge is 0.0696 e. The topological polar surface area (TPSA) is 18.5 Å². The maximum Gasteiger partial charge on any atom is 0.0696 e. The Morgan fingerprint density at radius 2 is 1.83 bits per heavy atom. The third-order valence-corrected chi connectivity index (χ3v) is 5.55. The molecule has 1 aliphatic rings. The maximum atomic E-state index is 3.52. The Kier molecular flexibility index (Phi) is 5.36. The second-order valence-corrected chi connectivity index (χ2v) is 7.80. The van der Waals surface area contributed by atoms with Gasteiger partial charge < -0.3 is 10.2 Å². The fraction of sp³-hybridized carbons (Fsp3) is 0.474. The highest BCUT2D eigenvalue weighted by atomic mass is 32.1. The Bertz CT molecular complexity index is 610. The van der Waals surface area contributed by atoms with E-state index in [0.29, 0.717) is 6.04 Å². The summed E-state index contributed by atoms with van der Waals surface area (Å²) < 4.78 is 0. The van der Waals surface area contributed by atoms with Crippen molar-refractivity contribution in [1.29, 1.82) is 0 Å². The molecule has 4 heteroatoms. The molecule has 0 spiro atoms. The van der Waals surface area contributed by atoms with Gasteiger partial charge in [0.25, 0.3) is 0 Å². The Morgan fingerprint density at radius 3 is 2.48 bits per heavy atom. The molecule has 0 radical (unpaired) electrons. The van der Waals surface area contributed by atoms with Crippen LogP contribution in [0.15, 0.2) is 36.4 Å². The molecule has 0 bridgehead atoms. The summed E-state index contributed by atoms with van der Waals surface area (Å²) >= 11 is 1.93. The summed E-state index contributed by atoms with van der Waals surface area (Å²) in [6.07, 6.45) is 1.22. The van der Waals surface area contributed by atoms with E-state index in [9.17, 15) is 0 Å². The van der Waals surface area contributed by atoms with Gasteiger partial charge in [-0.15, -0.1) is 11.3 Å². The predicted molar refractivity (Wildman–Crippen MR) is 101 cm³/mol. The van der Waals surface area contributed by atoms with Gasteiger partial charge in [0.2, 0.25) is 0 Å². The Labute approximate surface area is 143 Å². The Balaban J connectivity index is 1.93. The average molecular weight is 330 g/mol. The van der Waals surface area contributed by atoms with Crippen molar-refractivity contribution in [3.8, 4) is 0 Å². The van der Waals surface area contributed by atoms with Crippen LogP contribution in [0.4, 0.5) is 5.69 Å². The first-order valence-electron chi connectivity index (χ1n) is 8.43. The summed E-state index contributed by atoms with van der Waals surface area (Å²) in [5.41, 5.74) is 2.66. The molecule has 2 aromatic rings. The van der Waals surface area contributed by atoms with E-state index in [4.69, 9.17) is 0 Å². The minimum Gasteiger partial charge on any atom is -0.378 e. The molecule has 1 aromatic heterocycles. The van der Waals surface area contributed by atoms with Gasteiger partial charge in [0.05, 0.1) is 6.04 Å². The number of hydrogen-bond donors (Lipinski definition) is 1. The van der Waals surface area contributed by atoms with Gasteiger partial charge >= 0.3 is 0 Å². The number of aryl methyl sites for hydroxylation is 1. The summed E-state index contributed by atoms with van der Waals surface area (Å²) in [4.78, 5) is 7.64. The molecule has 0 amide bonds. The monoisotopic (exact) mass is 329 g/mol. The quantitative estimate of drug-likeness (QED) is 0.926. The predicted octanol–water partition coefficient (Wildman–Crippen LogP) is 3.51. The summed E-state index contributed by atoms with van der Waals surface area (Å²) in [6.45, 7) is 6.67. The fourth-order valence-electron chi connectivity index (χ4n) is 3.23. The molecule has 3 nitrogen and oxygen atoms in total. The van der Waals surface area contributed by atoms with Gasteiger partial charge in [-0.2, -0.15) is 0 Å². The van der Waals surface area contributed by atoms with Gasteiger partial charge in [0.15, 0.2) is 0 Å². The molecule has 0 saturated carbocycles. The molecule has 1 aromatic carbocycles. The van der Waals surface area contributed by atoms with Crippen LogP contribution in [0.2, 0.25) is 0 Å². The first-order valence-corrected chi connectivity index (χ1v) is 9.25. The van der Waals surface area contributed by atoms with Crippen LogP contribution in [0.25, 0.3) is 0 Å². The number of thiophene rings is 1. The van der Waals surface area contributed by atoms with E-state index in [1.54, 1.807) is 0 Å². The molecule has 1 atom stereocenters. The minimum atomic E-state index is 0.379. The van der Waals surface area contributed by atoms with Crippen LogP contribution in [0, 0.1) is 6.92 Å². The normalized spacial score (nSPS) is 17.7. The zero-order valence-electron chi connectivity index (χ0n) is 14.4. The lowest BCUT2D eigenvalue weighted by Gasteiger charge is -2.30. The van der Waals surface area contributed by atoms with Crippen molar-refractivity contribution in [1.82, 2.24) is 10.2 Å². The van der Waals surface area contributed by atoms with Crippen LogP contribution in [-0.2, 0) is 0 Å². The van der Waals surface area contributed by atoms with Crippen LogP contribution < -0.4 is 10.2 Å². The third kappa shape index (κ3) is 3.94. The van der Waals surface area contributed by atoms with Gasteiger partial charge in [-0.3, -0.25) is 4.90 Å². The molecular weight excluding hydrogens is 302 g/mol. The van der Waals surface area contributed by atoms with E-state index < -0.39 is 0 Å². The molecule has 124 valence electrons. The van der Waals surface area contributed by atoms with E-state index in [0.717, 1.165) is 26.2 Å². The van der Waals surface area contributed by atoms with Crippen molar-refractivity contribution in [3.05, 3.63) is 51.7 Å². The van der Waals surface area contributed by atoms with Crippen LogP contribution in [-0.4, -0.2) is 45.2 Å². The maximum absolute atomic E-state index is 3.52. The van der Waals surface area contributed by atoms with E-state index >= 15 is 0 Å². The van der Waals surface area contributed by atoms with Crippen LogP contribution in [0.3, 0.4) is 0 Å². The summed E-state index contributed by atoms with van der Waals surface area (Å²) in [5, 5.41) is 3.52. The largest absolute Gasteiger partial charge is 0.378 e. The highest BCUT2D eigenvalue weighted by Crippen LogP contribution is 2.34. The summed E-state index contributed by atoms with van der Waals surface area (Å²) in [5.74, 6) is 0. The van der Waals surface area contributed by atoms with Gasteiger partial charge in [0.1, 0.15) is 0 Å². The number of anilines is 1. The number of benzene rings is 1. The van der Waals surface area contributed by atoms with Crippen molar-refractivity contribution in [2.24, 2.45) is 0 Å². The Morgan fingerprint density at radius 1 is 1.04 bits per heavy atom. The second-order valence-electron chi connectivity index (χ2n) is 6.48. The lowest BCUT2D eigenvalue weighted by Crippen LogP contribution is -2.32. The highest BCUT2D eigenvalue weighted by Gasteiger charge is 2.24. The zero-order valence-corrected chi connectivity index (χ0v) is 15.2. The average Bonchev–Trinajstić information content (AvgIpc) is 2.80. The first kappa shape index (κ1) is 16.5. The van der Waals surface area contributed by atoms with Crippen LogP contribution in [0.1, 0.15) is 27.8 Å². The summed E-state index contributed by atoms with van der Waals surface area (Å²) in [6, 6.07) is 14.0. The van der Waals surface area contributed by atoms with E-state index in [1.165, 1.54) is 27.4 Å². The molecule has 2 heterocycles. The van der Waals surface area contributed by atoms with E-state index in [1.807, 2.05) is 11.3 Å². The van der Waals surface area contributed by atoms with E-state index in [-0.39, 0.29) is 0 Å². The third-order valence-electron chi connectivity index (χ3n) is 4.50. The molecular formula is C19H27N3S. The van der Waals surface area contributed by atoms with Crippen molar-refractivity contribution in [2.75, 3.05) is 45.2 Å². The van der Waals surface area contributed by atoms with Gasteiger partial charge in [0, 0.05) is 49.2 Å². The molecule has 1 unspecified atom stereocenters. The molecule has 0 aliphatic carbocycles. The molecule has 1 saturated heterocycles. The van der Waals surface area contributed by atoms with Crippen molar-refractivity contribution in [3.63, 3.8) is 0 Å². The first-order chi connectivity index (χ1) is 11.1. The molecule has 3 rings (SSSR count). The highest BCUT2D eigenvalue weighted by molar-refractivity contribution is 7.12. The standard InChI is InChI=1S/C19H27N3S/c1-15-5-10-18(23-15)19(22-13-4-11-20-12-14-22)16-6-8-17(9-7-16)21(2)3/h5-10,19-20H,4,11-14H2,1-3H3. The van der Waals surface area contributed by atoms with Crippen molar-refractivity contribution < 1.29 is 0 Å². The lowest BCUT2D eigenvalue weighted by atomic mass is 10.0. The number of rotatable bonds is 4. The van der Waals surface area contributed by atoms with Crippen molar-refractivity contribution >= 4 is 17.0 Å². The fourth-order valence-corrected chi connectivity index (χ4v) is 4.28. The van der Waals surface area contributed by atoms with Crippen molar-refractivity contribution in [2.45, 2.75) is 19.4 Å².